The van der Waals surface area contributed by atoms with Crippen LogP contribution < -0.4 is 32.2 Å². The fourth-order valence-corrected chi connectivity index (χ4v) is 14.5. The molecule has 0 aliphatic heterocycles. The smallest absolute Gasteiger partial charge is 0.253 e. The molecule has 0 aliphatic carbocycles. The van der Waals surface area contributed by atoms with E-state index in [1.54, 1.807) is 119 Å². The number of carbonyl (C=O) groups excluding carboxylic acids is 9. The van der Waals surface area contributed by atoms with Gasteiger partial charge in [-0.3, -0.25) is 59.4 Å². The molecule has 7 rings (SSSR count). The van der Waals surface area contributed by atoms with Gasteiger partial charge >= 0.3 is 0 Å². The first kappa shape index (κ1) is 112. The van der Waals surface area contributed by atoms with Gasteiger partial charge in [0.15, 0.2) is 0 Å². The zero-order chi connectivity index (χ0) is 99.3. The first-order valence-electron chi connectivity index (χ1n) is 45.9. The van der Waals surface area contributed by atoms with E-state index in [2.05, 4.69) is 67.8 Å². The molecule has 30 heteroatoms. The molecule has 24 nitrogen and oxygen atoms in total. The Hall–Kier alpha value is -12.2. The van der Waals surface area contributed by atoms with Crippen molar-refractivity contribution in [1.29, 1.82) is 0 Å². The molecule has 0 spiro atoms. The fraction of sp³-hybridized carbons (Fsp3) is 0.452. The molecule has 0 saturated heterocycles. The van der Waals surface area contributed by atoms with E-state index < -0.39 is 89.1 Å². The van der Waals surface area contributed by atoms with Gasteiger partial charge < -0.3 is 46.0 Å². The Morgan fingerprint density at radius 3 is 0.940 bits per heavy atom. The summed E-state index contributed by atoms with van der Waals surface area (Å²) in [5, 5.41) is 46.9. The van der Waals surface area contributed by atoms with Crippen LogP contribution in [0, 0.1) is 82.3 Å². The molecular formula is C104H134F6N12O12. The van der Waals surface area contributed by atoms with Crippen LogP contribution in [0.5, 0.6) is 0 Å². The molecular weight excluding hydrogens is 1720 g/mol. The first-order valence-corrected chi connectivity index (χ1v) is 45.9. The van der Waals surface area contributed by atoms with Gasteiger partial charge in [0.2, 0.25) is 17.7 Å². The number of nitrogens with one attached hydrogen (secondary N) is 6. The molecule has 0 aliphatic rings. The Bertz CT molecular complexity index is 5160. The number of benzene rings is 7. The molecule has 9 N–H and O–H groups in total. The lowest BCUT2D eigenvalue weighted by atomic mass is 9.99. The largest absolute Gasteiger partial charge is 0.390 e. The summed E-state index contributed by atoms with van der Waals surface area (Å²) in [5.41, 5.74) is 12.6. The lowest BCUT2D eigenvalue weighted by Gasteiger charge is -2.30. The van der Waals surface area contributed by atoms with E-state index in [1.807, 2.05) is 78.8 Å². The molecule has 0 aromatic heterocycles. The highest BCUT2D eigenvalue weighted by molar-refractivity contribution is 6.03. The summed E-state index contributed by atoms with van der Waals surface area (Å²) in [5.74, 6) is 8.59. The number of unbranched alkanes of at least 4 members (excludes halogenated alkanes) is 1. The summed E-state index contributed by atoms with van der Waals surface area (Å²) in [6.45, 7) is 31.5. The molecule has 0 radical (unpaired) electrons. The predicted molar refractivity (Wildman–Crippen MR) is 509 cm³/mol. The van der Waals surface area contributed by atoms with Gasteiger partial charge in [0.05, 0.1) is 42.9 Å². The van der Waals surface area contributed by atoms with Crippen molar-refractivity contribution in [2.45, 2.75) is 217 Å². The molecule has 6 unspecified atom stereocenters. The van der Waals surface area contributed by atoms with Crippen LogP contribution in [0.1, 0.15) is 256 Å². The SMILES string of the molecule is CC#Cc1cc(C(=O)NC(Cc2cc(F)cc(F)c2)C(O)CN(C)NC(=O)C(C)C)cc(C(=O)N(CCC)CCC)c1.CC#Cc1cc(C(=O)NC(Cc2cc(F)cc(F)c2)C(O)CN(CC)NC(=O)C(C)C)cc(C(=O)N(CCC)CCC)c1.CC#Cc1cc(C(=O)NC(Cc2cc(F)cc(F)c2)C(O)CN(CCCC)NC(=O)Cc2ccccc2)cc(C(=O)N(CCC)CCC)c1. The Balaban J connectivity index is 0.000000357. The molecule has 0 saturated carbocycles. The van der Waals surface area contributed by atoms with Crippen LogP contribution >= 0.6 is 0 Å². The van der Waals surface area contributed by atoms with Crippen molar-refractivity contribution in [2.24, 2.45) is 11.8 Å². The van der Waals surface area contributed by atoms with Gasteiger partial charge in [-0.05, 0) is 198 Å². The van der Waals surface area contributed by atoms with Crippen LogP contribution in [0.25, 0.3) is 0 Å². The van der Waals surface area contributed by atoms with Crippen molar-refractivity contribution < 1.29 is 84.8 Å². The Kier molecular flexibility index (Phi) is 49.2. The van der Waals surface area contributed by atoms with E-state index in [9.17, 15) is 84.8 Å². The number of hydrazine groups is 3. The Morgan fingerprint density at radius 2 is 0.649 bits per heavy atom. The van der Waals surface area contributed by atoms with Crippen molar-refractivity contribution >= 4 is 53.2 Å². The van der Waals surface area contributed by atoms with Crippen LogP contribution in [0.2, 0.25) is 0 Å². The number of aliphatic hydroxyl groups excluding tert-OH is 3. The van der Waals surface area contributed by atoms with Crippen molar-refractivity contribution in [3.05, 3.63) is 247 Å². The van der Waals surface area contributed by atoms with Crippen LogP contribution in [0.4, 0.5) is 26.3 Å². The molecule has 0 bridgehead atoms. The minimum atomic E-state index is -1.27. The highest BCUT2D eigenvalue weighted by atomic mass is 19.2. The molecule has 0 heterocycles. The second-order valence-corrected chi connectivity index (χ2v) is 33.5. The van der Waals surface area contributed by atoms with E-state index in [-0.39, 0.29) is 126 Å². The molecule has 9 amide bonds. The van der Waals surface area contributed by atoms with Gasteiger partial charge in [-0.15, -0.1) is 17.8 Å². The summed E-state index contributed by atoms with van der Waals surface area (Å²) in [4.78, 5) is 124. The maximum atomic E-state index is 14.2. The maximum absolute atomic E-state index is 14.2. The van der Waals surface area contributed by atoms with Crippen LogP contribution in [0.3, 0.4) is 0 Å². The molecule has 0 fully saturated rings. The summed E-state index contributed by atoms with van der Waals surface area (Å²) >= 11 is 0. The van der Waals surface area contributed by atoms with Gasteiger partial charge in [-0.1, -0.05) is 138 Å². The van der Waals surface area contributed by atoms with E-state index in [0.717, 1.165) is 112 Å². The Labute approximate surface area is 786 Å². The number of nitrogens with zero attached hydrogens (tertiary/aromatic N) is 6. The van der Waals surface area contributed by atoms with Crippen LogP contribution in [-0.4, -0.2) is 214 Å². The Morgan fingerprint density at radius 1 is 0.351 bits per heavy atom. The second-order valence-electron chi connectivity index (χ2n) is 33.5. The van der Waals surface area contributed by atoms with Crippen LogP contribution in [0.15, 0.2) is 140 Å². The molecule has 7 aromatic carbocycles. The molecule has 134 heavy (non-hydrogen) atoms. The lowest BCUT2D eigenvalue weighted by molar-refractivity contribution is -0.130. The molecule has 724 valence electrons. The number of amides is 9. The number of hydrogen-bond donors (Lipinski definition) is 9. The molecule has 6 atom stereocenters. The minimum absolute atomic E-state index is 0.0637. The normalized spacial score (nSPS) is 12.3. The summed E-state index contributed by atoms with van der Waals surface area (Å²) in [6, 6.07) is 29.4. The van der Waals surface area contributed by atoms with Crippen molar-refractivity contribution in [3.63, 3.8) is 0 Å². The average Bonchev–Trinajstić information content (AvgIpc) is 0.819. The summed E-state index contributed by atoms with van der Waals surface area (Å²) in [6.07, 6.45) is 2.27. The lowest BCUT2D eigenvalue weighted by Crippen LogP contribution is -2.53. The van der Waals surface area contributed by atoms with Crippen molar-refractivity contribution in [3.8, 4) is 35.5 Å². The van der Waals surface area contributed by atoms with E-state index >= 15 is 0 Å². The monoisotopic (exact) mass is 1860 g/mol. The zero-order valence-electron chi connectivity index (χ0n) is 80.1. The highest BCUT2D eigenvalue weighted by Crippen LogP contribution is 2.23. The predicted octanol–water partition coefficient (Wildman–Crippen LogP) is 13.9. The van der Waals surface area contributed by atoms with Crippen molar-refractivity contribution in [2.75, 3.05) is 79.0 Å². The van der Waals surface area contributed by atoms with Gasteiger partial charge in [0.1, 0.15) is 34.9 Å². The minimum Gasteiger partial charge on any atom is -0.390 e. The van der Waals surface area contributed by atoms with E-state index in [4.69, 9.17) is 0 Å². The average molecular weight is 1860 g/mol. The van der Waals surface area contributed by atoms with E-state index in [1.165, 1.54) is 28.2 Å². The number of likely N-dealkylation sites (N-methyl/N-ethyl adjacent to an activating group) is 2. The van der Waals surface area contributed by atoms with Gasteiger partial charge in [-0.2, -0.15) is 0 Å². The van der Waals surface area contributed by atoms with Crippen LogP contribution in [-0.2, 0) is 40.1 Å². The third-order valence-corrected chi connectivity index (χ3v) is 21.0. The third kappa shape index (κ3) is 38.8. The quantitative estimate of drug-likeness (QED) is 0.00973. The number of carbonyl (C=O) groups is 9. The number of aliphatic hydroxyl groups is 3. The first-order chi connectivity index (χ1) is 63.8. The summed E-state index contributed by atoms with van der Waals surface area (Å²) < 4.78 is 84.3. The van der Waals surface area contributed by atoms with Gasteiger partial charge in [-0.25, -0.2) is 41.4 Å². The van der Waals surface area contributed by atoms with Gasteiger partial charge in [0.25, 0.3) is 35.4 Å². The maximum Gasteiger partial charge on any atom is 0.253 e. The van der Waals surface area contributed by atoms with E-state index in [0.29, 0.717) is 85.7 Å². The second kappa shape index (κ2) is 58.7. The highest BCUT2D eigenvalue weighted by Gasteiger charge is 2.32. The standard InChI is InChI=1S/C39H48F2N4O4.C33H44F2N4O4.C32H42F2N4O4/c1-5-9-18-45(43-37(47)24-28-14-11-10-12-15-28)27-36(46)35(23-30-21-33(40)26-34(41)22-30)42-38(48)31-19-29(13-6-2)20-32(25-31)39(49)44(16-7-3)17-8-4;1-7-11-23-14-25(19-26(15-23)33(43)38(12-8-2)13-9-3)32(42)36-29(18-24-16-27(34)20-28(35)17-24)30(40)21-39(10-4)37-31(41)22(5)6;1-7-10-22-13-24(18-25(14-22)32(42)38(11-8-2)12-9-3)31(41)35-28(17-23-15-26(33)19-27(34)16-23)29(39)20-37(6)36-30(40)21(4)5/h10-12,14-15,19-22,25-26,35-36,46H,5,7-9,16-18,23-24,27H2,1-4H3,(H,42,48)(H,43,47);14-17,19-20,22,29-30,40H,8-10,12-13,18,21H2,1-6H3,(H,36,42)(H,37,41);13-16,18-19,21,28-29,39H,8-9,11-12,17,20H2,1-6H3,(H,35,41)(H,36,40). The molecule has 7 aromatic rings. The number of hydrogen-bond acceptors (Lipinski definition) is 15. The van der Waals surface area contributed by atoms with Gasteiger partial charge in [0, 0.05) is 159 Å². The summed E-state index contributed by atoms with van der Waals surface area (Å²) in [7, 11) is 1.56. The third-order valence-electron chi connectivity index (χ3n) is 21.0. The topological polar surface area (TPSA) is 306 Å². The van der Waals surface area contributed by atoms with Crippen molar-refractivity contribution in [1.82, 2.24) is 62.0 Å². The zero-order valence-corrected chi connectivity index (χ0v) is 80.1. The number of halogens is 6. The fourth-order valence-electron chi connectivity index (χ4n) is 14.5. The number of rotatable bonds is 47.